The Morgan fingerprint density at radius 3 is 2.61 bits per heavy atom. The molecular formula is C23H34N4O. The number of nitrogens with zero attached hydrogens (tertiary/aromatic N) is 4. The summed E-state index contributed by atoms with van der Waals surface area (Å²) in [5.41, 5.74) is 3.63. The molecule has 5 nitrogen and oxygen atoms in total. The van der Waals surface area contributed by atoms with Crippen LogP contribution in [0.15, 0.2) is 24.3 Å². The van der Waals surface area contributed by atoms with Gasteiger partial charge in [0.1, 0.15) is 5.82 Å². The highest BCUT2D eigenvalue weighted by atomic mass is 16.3. The first-order valence-corrected chi connectivity index (χ1v) is 10.9. The highest BCUT2D eigenvalue weighted by molar-refractivity contribution is 5.82. The third kappa shape index (κ3) is 4.48. The zero-order valence-electron chi connectivity index (χ0n) is 17.4. The van der Waals surface area contributed by atoms with Gasteiger partial charge in [-0.05, 0) is 50.9 Å². The Morgan fingerprint density at radius 1 is 1.07 bits per heavy atom. The number of aryl methyl sites for hydroxylation is 1. The van der Waals surface area contributed by atoms with Crippen molar-refractivity contribution >= 4 is 16.7 Å². The van der Waals surface area contributed by atoms with E-state index in [1.807, 2.05) is 0 Å². The van der Waals surface area contributed by atoms with Crippen molar-refractivity contribution in [2.75, 3.05) is 50.7 Å². The van der Waals surface area contributed by atoms with Crippen molar-refractivity contribution in [1.82, 2.24) is 14.8 Å². The molecule has 0 unspecified atom stereocenters. The number of anilines is 1. The lowest BCUT2D eigenvalue weighted by molar-refractivity contribution is 0.127. The van der Waals surface area contributed by atoms with E-state index in [1.165, 1.54) is 29.5 Å². The van der Waals surface area contributed by atoms with Crippen LogP contribution in [-0.2, 0) is 6.54 Å². The fourth-order valence-electron chi connectivity index (χ4n) is 4.59. The average Bonchev–Trinajstić information content (AvgIpc) is 2.69. The van der Waals surface area contributed by atoms with Gasteiger partial charge in [0.2, 0.25) is 0 Å². The van der Waals surface area contributed by atoms with Gasteiger partial charge in [-0.2, -0.15) is 0 Å². The fraction of sp³-hybridized carbons (Fsp3) is 0.609. The summed E-state index contributed by atoms with van der Waals surface area (Å²) in [5, 5.41) is 11.4. The molecule has 2 fully saturated rings. The predicted octanol–water partition coefficient (Wildman–Crippen LogP) is 3.03. The van der Waals surface area contributed by atoms with Crippen LogP contribution in [-0.4, -0.2) is 71.8 Å². The molecular weight excluding hydrogens is 348 g/mol. The minimum atomic E-state index is -0.241. The van der Waals surface area contributed by atoms with Crippen LogP contribution < -0.4 is 4.90 Å². The number of benzene rings is 1. The van der Waals surface area contributed by atoms with Gasteiger partial charge in [-0.3, -0.25) is 4.90 Å². The normalized spacial score (nSPS) is 22.1. The second kappa shape index (κ2) is 8.76. The maximum absolute atomic E-state index is 10.2. The molecule has 1 aromatic carbocycles. The van der Waals surface area contributed by atoms with Crippen molar-refractivity contribution in [2.24, 2.45) is 0 Å². The van der Waals surface area contributed by atoms with Crippen LogP contribution in [0.4, 0.5) is 5.82 Å². The number of hydrogen-bond donors (Lipinski definition) is 1. The SMILES string of the molecule is CCCN1CCN(Cc2cc3cc(C)ccc3nc2N2CCC[C@@H](O)C2)CC1. The number of rotatable bonds is 5. The van der Waals surface area contributed by atoms with E-state index in [0.29, 0.717) is 6.54 Å². The Balaban J connectivity index is 1.60. The molecule has 1 aromatic heterocycles. The number of piperidine rings is 1. The molecule has 2 saturated heterocycles. The van der Waals surface area contributed by atoms with E-state index < -0.39 is 0 Å². The Bertz CT molecular complexity index is 801. The first-order valence-electron chi connectivity index (χ1n) is 10.9. The van der Waals surface area contributed by atoms with E-state index in [1.54, 1.807) is 0 Å². The number of aromatic nitrogens is 1. The lowest BCUT2D eigenvalue weighted by Crippen LogP contribution is -2.46. The van der Waals surface area contributed by atoms with Crippen LogP contribution in [0.1, 0.15) is 37.3 Å². The number of hydrogen-bond acceptors (Lipinski definition) is 5. The third-order valence-electron chi connectivity index (χ3n) is 6.12. The summed E-state index contributed by atoms with van der Waals surface area (Å²) in [5.74, 6) is 1.08. The van der Waals surface area contributed by atoms with Crippen molar-refractivity contribution < 1.29 is 5.11 Å². The molecule has 28 heavy (non-hydrogen) atoms. The van der Waals surface area contributed by atoms with Gasteiger partial charge in [0.25, 0.3) is 0 Å². The zero-order valence-corrected chi connectivity index (χ0v) is 17.4. The van der Waals surface area contributed by atoms with Crippen molar-refractivity contribution in [2.45, 2.75) is 45.8 Å². The van der Waals surface area contributed by atoms with Gasteiger partial charge in [-0.15, -0.1) is 0 Å². The smallest absolute Gasteiger partial charge is 0.133 e. The van der Waals surface area contributed by atoms with Crippen molar-refractivity contribution in [3.8, 4) is 0 Å². The Morgan fingerprint density at radius 2 is 1.86 bits per heavy atom. The molecule has 0 aliphatic carbocycles. The molecule has 0 saturated carbocycles. The Labute approximate surface area is 169 Å². The lowest BCUT2D eigenvalue weighted by atomic mass is 10.0. The minimum absolute atomic E-state index is 0.241. The Kier molecular flexibility index (Phi) is 6.14. The van der Waals surface area contributed by atoms with Crippen LogP contribution in [0.3, 0.4) is 0 Å². The molecule has 0 bridgehead atoms. The van der Waals surface area contributed by atoms with E-state index in [4.69, 9.17) is 4.98 Å². The molecule has 0 radical (unpaired) electrons. The molecule has 0 amide bonds. The monoisotopic (exact) mass is 382 g/mol. The summed E-state index contributed by atoms with van der Waals surface area (Å²) < 4.78 is 0. The third-order valence-corrected chi connectivity index (χ3v) is 6.12. The maximum atomic E-state index is 10.2. The second-order valence-electron chi connectivity index (χ2n) is 8.53. The quantitative estimate of drug-likeness (QED) is 0.861. The number of aliphatic hydroxyl groups is 1. The fourth-order valence-corrected chi connectivity index (χ4v) is 4.59. The molecule has 152 valence electrons. The van der Waals surface area contributed by atoms with E-state index in [0.717, 1.165) is 63.4 Å². The first-order chi connectivity index (χ1) is 13.6. The minimum Gasteiger partial charge on any atom is -0.391 e. The summed E-state index contributed by atoms with van der Waals surface area (Å²) in [6.45, 7) is 12.8. The summed E-state index contributed by atoms with van der Waals surface area (Å²) in [4.78, 5) is 12.5. The van der Waals surface area contributed by atoms with Gasteiger partial charge < -0.3 is 14.9 Å². The Hall–Kier alpha value is -1.69. The molecule has 1 N–H and O–H groups in total. The van der Waals surface area contributed by atoms with E-state index in [-0.39, 0.29) is 6.10 Å². The van der Waals surface area contributed by atoms with E-state index >= 15 is 0 Å². The molecule has 3 heterocycles. The molecule has 5 heteroatoms. The molecule has 2 aromatic rings. The zero-order chi connectivity index (χ0) is 19.5. The van der Waals surface area contributed by atoms with Crippen molar-refractivity contribution in [1.29, 1.82) is 0 Å². The van der Waals surface area contributed by atoms with E-state index in [2.05, 4.69) is 52.8 Å². The topological polar surface area (TPSA) is 42.8 Å². The number of fused-ring (bicyclic) bond motifs is 1. The van der Waals surface area contributed by atoms with Gasteiger partial charge in [0.05, 0.1) is 11.6 Å². The van der Waals surface area contributed by atoms with Crippen molar-refractivity contribution in [3.63, 3.8) is 0 Å². The summed E-state index contributed by atoms with van der Waals surface area (Å²) in [7, 11) is 0. The van der Waals surface area contributed by atoms with Gasteiger partial charge in [0.15, 0.2) is 0 Å². The first kappa shape index (κ1) is 19.6. The number of β-amino-alcohol motifs (C(OH)–C–C–N with tert-alkyl or cyclic N) is 1. The van der Waals surface area contributed by atoms with Crippen LogP contribution >= 0.6 is 0 Å². The predicted molar refractivity (Wildman–Crippen MR) is 116 cm³/mol. The highest BCUT2D eigenvalue weighted by Gasteiger charge is 2.24. The molecule has 2 aliphatic rings. The van der Waals surface area contributed by atoms with Crippen LogP contribution in [0, 0.1) is 6.92 Å². The average molecular weight is 383 g/mol. The van der Waals surface area contributed by atoms with Gasteiger partial charge in [0, 0.05) is 56.8 Å². The highest BCUT2D eigenvalue weighted by Crippen LogP contribution is 2.28. The van der Waals surface area contributed by atoms with Crippen LogP contribution in [0.2, 0.25) is 0 Å². The molecule has 2 aliphatic heterocycles. The largest absolute Gasteiger partial charge is 0.391 e. The number of piperazine rings is 1. The van der Waals surface area contributed by atoms with Crippen molar-refractivity contribution in [3.05, 3.63) is 35.4 Å². The molecule has 0 spiro atoms. The van der Waals surface area contributed by atoms with Gasteiger partial charge in [-0.1, -0.05) is 18.6 Å². The van der Waals surface area contributed by atoms with Crippen LogP contribution in [0.25, 0.3) is 10.9 Å². The second-order valence-corrected chi connectivity index (χ2v) is 8.53. The summed E-state index contributed by atoms with van der Waals surface area (Å²) in [6.07, 6.45) is 2.92. The summed E-state index contributed by atoms with van der Waals surface area (Å²) in [6, 6.07) is 8.84. The molecule has 4 rings (SSSR count). The standard InChI is InChI=1S/C23H34N4O/c1-3-8-25-10-12-26(13-11-25)16-20-15-19-14-18(2)6-7-22(19)24-23(20)27-9-4-5-21(28)17-27/h6-7,14-15,21,28H,3-5,8-13,16-17H2,1-2H3/t21-/m1/s1. The lowest BCUT2D eigenvalue weighted by Gasteiger charge is -2.36. The maximum Gasteiger partial charge on any atom is 0.133 e. The number of pyridine rings is 1. The number of aliphatic hydroxyl groups excluding tert-OH is 1. The van der Waals surface area contributed by atoms with Crippen LogP contribution in [0.5, 0.6) is 0 Å². The summed E-state index contributed by atoms with van der Waals surface area (Å²) >= 11 is 0. The van der Waals surface area contributed by atoms with Gasteiger partial charge >= 0.3 is 0 Å². The van der Waals surface area contributed by atoms with E-state index in [9.17, 15) is 5.11 Å². The molecule has 1 atom stereocenters. The van der Waals surface area contributed by atoms with Gasteiger partial charge in [-0.25, -0.2) is 4.98 Å².